The average Bonchev–Trinajstić information content (AvgIpc) is 2.88. The van der Waals surface area contributed by atoms with Crippen LogP contribution in [0.1, 0.15) is 25.3 Å². The van der Waals surface area contributed by atoms with E-state index in [4.69, 9.17) is 0 Å². The number of anilines is 1. The zero-order chi connectivity index (χ0) is 18.1. The zero-order valence-corrected chi connectivity index (χ0v) is 16.4. The Morgan fingerprint density at radius 3 is 2.77 bits per heavy atom. The highest BCUT2D eigenvalue weighted by Gasteiger charge is 2.35. The maximum absolute atomic E-state index is 13.2. The van der Waals surface area contributed by atoms with Crippen molar-refractivity contribution in [3.63, 3.8) is 0 Å². The number of hydrogen-bond acceptors (Lipinski definition) is 3. The van der Waals surface area contributed by atoms with Gasteiger partial charge in [0.25, 0.3) is 5.91 Å². The minimum absolute atomic E-state index is 0.0137. The Balaban J connectivity index is 1.69. The molecule has 2 aliphatic heterocycles. The Kier molecular flexibility index (Phi) is 4.92. The van der Waals surface area contributed by atoms with E-state index in [1.165, 1.54) is 12.8 Å². The first-order valence-electron chi connectivity index (χ1n) is 9.10. The molecule has 1 fully saturated rings. The van der Waals surface area contributed by atoms with E-state index in [2.05, 4.69) is 32.7 Å². The number of halogens is 1. The molecule has 2 aromatic carbocycles. The van der Waals surface area contributed by atoms with Crippen LogP contribution < -0.4 is 4.90 Å². The van der Waals surface area contributed by atoms with Crippen LogP contribution in [0.15, 0.2) is 58.0 Å². The van der Waals surface area contributed by atoms with Crippen molar-refractivity contribution in [2.75, 3.05) is 24.7 Å². The quantitative estimate of drug-likeness (QED) is 0.739. The molecule has 5 heteroatoms. The summed E-state index contributed by atoms with van der Waals surface area (Å²) in [6.07, 6.45) is 2.47. The average molecular weight is 412 g/mol. The molecule has 2 heterocycles. The van der Waals surface area contributed by atoms with Gasteiger partial charge in [0, 0.05) is 16.6 Å². The van der Waals surface area contributed by atoms with E-state index in [-0.39, 0.29) is 5.91 Å². The number of para-hydroxylation sites is 1. The van der Waals surface area contributed by atoms with Gasteiger partial charge in [0.2, 0.25) is 0 Å². The lowest BCUT2D eigenvalue weighted by molar-refractivity contribution is -0.112. The second-order valence-electron chi connectivity index (χ2n) is 7.16. The fraction of sp³-hybridized carbons (Fsp3) is 0.333. The van der Waals surface area contributed by atoms with Crippen molar-refractivity contribution in [3.8, 4) is 0 Å². The van der Waals surface area contributed by atoms with E-state index in [1.54, 1.807) is 0 Å². The van der Waals surface area contributed by atoms with Crippen molar-refractivity contribution in [3.05, 3.63) is 58.6 Å². The van der Waals surface area contributed by atoms with Gasteiger partial charge in [-0.2, -0.15) is 0 Å². The van der Waals surface area contributed by atoms with E-state index in [1.807, 2.05) is 53.4 Å². The molecule has 0 N–H and O–H groups in total. The van der Waals surface area contributed by atoms with E-state index in [9.17, 15) is 4.79 Å². The highest BCUT2D eigenvalue weighted by molar-refractivity contribution is 9.10. The Bertz CT molecular complexity index is 850. The van der Waals surface area contributed by atoms with Crippen molar-refractivity contribution in [1.82, 2.24) is 4.90 Å². The third-order valence-electron chi connectivity index (χ3n) is 5.03. The Morgan fingerprint density at radius 1 is 1.19 bits per heavy atom. The predicted molar refractivity (Wildman–Crippen MR) is 109 cm³/mol. The second-order valence-corrected chi connectivity index (χ2v) is 8.07. The molecule has 26 heavy (non-hydrogen) atoms. The molecule has 0 unspecified atom stereocenters. The lowest BCUT2D eigenvalue weighted by Crippen LogP contribution is -2.45. The number of piperidine rings is 1. The van der Waals surface area contributed by atoms with Gasteiger partial charge in [-0.15, -0.1) is 0 Å². The summed E-state index contributed by atoms with van der Waals surface area (Å²) in [6, 6.07) is 15.7. The van der Waals surface area contributed by atoms with Gasteiger partial charge in [-0.25, -0.2) is 4.99 Å². The summed E-state index contributed by atoms with van der Waals surface area (Å²) in [6.45, 7) is 5.00. The number of nitrogens with zero attached hydrogens (tertiary/aromatic N) is 3. The zero-order valence-electron chi connectivity index (χ0n) is 14.9. The minimum atomic E-state index is -0.0137. The number of amides is 1. The molecule has 1 saturated heterocycles. The highest BCUT2D eigenvalue weighted by Crippen LogP contribution is 2.33. The summed E-state index contributed by atoms with van der Waals surface area (Å²) in [5.41, 5.74) is 3.18. The van der Waals surface area contributed by atoms with E-state index >= 15 is 0 Å². The first-order chi connectivity index (χ1) is 12.6. The van der Waals surface area contributed by atoms with E-state index < -0.39 is 0 Å². The van der Waals surface area contributed by atoms with Gasteiger partial charge in [-0.3, -0.25) is 14.6 Å². The molecule has 134 valence electrons. The van der Waals surface area contributed by atoms with Crippen LogP contribution in [-0.4, -0.2) is 36.3 Å². The maximum Gasteiger partial charge on any atom is 0.278 e. The largest absolute Gasteiger partial charge is 0.293 e. The molecule has 0 aromatic heterocycles. The number of carbonyl (C=O) groups excluding carboxylic acids is 1. The van der Waals surface area contributed by atoms with Crippen LogP contribution >= 0.6 is 15.9 Å². The van der Waals surface area contributed by atoms with Gasteiger partial charge in [0.05, 0.1) is 18.0 Å². The predicted octanol–water partition coefficient (Wildman–Crippen LogP) is 4.61. The third kappa shape index (κ3) is 3.46. The summed E-state index contributed by atoms with van der Waals surface area (Å²) in [7, 11) is 0. The number of hydrogen-bond donors (Lipinski definition) is 0. The monoisotopic (exact) mass is 411 g/mol. The molecule has 0 spiro atoms. The Morgan fingerprint density at radius 2 is 2.00 bits per heavy atom. The number of aliphatic imine (C=N–C) groups is 1. The normalized spacial score (nSPS) is 22.1. The second kappa shape index (κ2) is 7.33. The molecule has 0 saturated carbocycles. The lowest BCUT2D eigenvalue weighted by Gasteiger charge is -2.33. The van der Waals surface area contributed by atoms with Crippen LogP contribution in [-0.2, 0) is 4.79 Å². The lowest BCUT2D eigenvalue weighted by atomic mass is 10.0. The number of carbonyl (C=O) groups is 1. The Labute approximate surface area is 162 Å². The van der Waals surface area contributed by atoms with Crippen molar-refractivity contribution in [2.45, 2.75) is 19.8 Å². The molecule has 2 aromatic rings. The van der Waals surface area contributed by atoms with Crippen LogP contribution in [0.2, 0.25) is 0 Å². The number of likely N-dealkylation sites (tertiary alicyclic amines) is 1. The van der Waals surface area contributed by atoms with E-state index in [0.29, 0.717) is 18.3 Å². The molecule has 0 aliphatic carbocycles. The fourth-order valence-electron chi connectivity index (χ4n) is 3.78. The van der Waals surface area contributed by atoms with Gasteiger partial charge in [0.15, 0.2) is 0 Å². The van der Waals surface area contributed by atoms with Crippen molar-refractivity contribution < 1.29 is 4.79 Å². The standard InChI is InChI=1S/C21H22BrN3O/c1-15-6-5-11-24(13-15)14-25-19-10-9-16(22)12-18(19)20(21(25)26)23-17-7-3-2-4-8-17/h2-4,7-10,12,15H,5-6,11,13-14H2,1H3/t15-/m1/s1. The van der Waals surface area contributed by atoms with Crippen LogP contribution in [0.4, 0.5) is 11.4 Å². The molecule has 0 bridgehead atoms. The number of rotatable bonds is 3. The first-order valence-corrected chi connectivity index (χ1v) is 9.89. The van der Waals surface area contributed by atoms with Crippen LogP contribution in [0.3, 0.4) is 0 Å². The minimum Gasteiger partial charge on any atom is -0.293 e. The fourth-order valence-corrected chi connectivity index (χ4v) is 4.14. The molecular formula is C21H22BrN3O. The molecular weight excluding hydrogens is 390 g/mol. The first kappa shape index (κ1) is 17.4. The molecule has 4 rings (SSSR count). The van der Waals surface area contributed by atoms with Crippen molar-refractivity contribution >= 4 is 38.9 Å². The van der Waals surface area contributed by atoms with Gasteiger partial charge in [-0.1, -0.05) is 41.1 Å². The van der Waals surface area contributed by atoms with Gasteiger partial charge < -0.3 is 0 Å². The van der Waals surface area contributed by atoms with E-state index in [0.717, 1.165) is 34.5 Å². The van der Waals surface area contributed by atoms with Crippen LogP contribution in [0, 0.1) is 5.92 Å². The SMILES string of the molecule is C[C@@H]1CCCN(CN2C(=O)C(=Nc3ccccc3)c3cc(Br)ccc32)C1. The Hall–Kier alpha value is -1.98. The smallest absolute Gasteiger partial charge is 0.278 e. The third-order valence-corrected chi connectivity index (χ3v) is 5.53. The van der Waals surface area contributed by atoms with Crippen LogP contribution in [0.25, 0.3) is 0 Å². The van der Waals surface area contributed by atoms with Gasteiger partial charge >= 0.3 is 0 Å². The maximum atomic E-state index is 13.2. The summed E-state index contributed by atoms with van der Waals surface area (Å²) in [4.78, 5) is 22.1. The number of benzene rings is 2. The molecule has 1 atom stereocenters. The molecule has 2 aliphatic rings. The molecule has 1 amide bonds. The van der Waals surface area contributed by atoms with Crippen LogP contribution in [0.5, 0.6) is 0 Å². The molecule has 4 nitrogen and oxygen atoms in total. The summed E-state index contributed by atoms with van der Waals surface area (Å²) < 4.78 is 0.957. The number of fused-ring (bicyclic) bond motifs is 1. The summed E-state index contributed by atoms with van der Waals surface area (Å²) in [5.74, 6) is 0.670. The van der Waals surface area contributed by atoms with Gasteiger partial charge in [-0.05, 0) is 55.6 Å². The highest BCUT2D eigenvalue weighted by atomic mass is 79.9. The van der Waals surface area contributed by atoms with Crippen molar-refractivity contribution in [2.24, 2.45) is 10.9 Å². The summed E-state index contributed by atoms with van der Waals surface area (Å²) >= 11 is 3.53. The van der Waals surface area contributed by atoms with Gasteiger partial charge in [0.1, 0.15) is 5.71 Å². The topological polar surface area (TPSA) is 35.9 Å². The van der Waals surface area contributed by atoms with Crippen molar-refractivity contribution in [1.29, 1.82) is 0 Å². The molecule has 0 radical (unpaired) electrons. The summed E-state index contributed by atoms with van der Waals surface area (Å²) in [5, 5.41) is 0.